The normalized spacial score (nSPS) is 14.6. The second kappa shape index (κ2) is 9.26. The van der Waals surface area contributed by atoms with E-state index in [1.165, 1.54) is 30.0 Å². The molecule has 0 radical (unpaired) electrons. The molecule has 1 aliphatic rings. The third-order valence-electron chi connectivity index (χ3n) is 4.38. The number of hydrogen-bond acceptors (Lipinski definition) is 4. The Morgan fingerprint density at radius 3 is 2.57 bits per heavy atom. The van der Waals surface area contributed by atoms with Gasteiger partial charge in [-0.15, -0.1) is 0 Å². The van der Waals surface area contributed by atoms with Crippen LogP contribution in [0.1, 0.15) is 18.4 Å². The van der Waals surface area contributed by atoms with Crippen molar-refractivity contribution in [3.8, 4) is 0 Å². The van der Waals surface area contributed by atoms with E-state index in [2.05, 4.69) is 4.72 Å². The van der Waals surface area contributed by atoms with Crippen molar-refractivity contribution in [3.63, 3.8) is 0 Å². The van der Waals surface area contributed by atoms with E-state index in [9.17, 15) is 17.6 Å². The molecule has 2 aromatic rings. The van der Waals surface area contributed by atoms with Crippen LogP contribution in [0, 0.1) is 5.82 Å². The van der Waals surface area contributed by atoms with Crippen molar-refractivity contribution >= 4 is 45.0 Å². The smallest absolute Gasteiger partial charge is 0.240 e. The third kappa shape index (κ3) is 5.05. The van der Waals surface area contributed by atoms with Crippen LogP contribution >= 0.6 is 23.4 Å². The monoisotopic (exact) mass is 442 g/mol. The van der Waals surface area contributed by atoms with Crippen molar-refractivity contribution in [2.24, 2.45) is 0 Å². The van der Waals surface area contributed by atoms with Crippen molar-refractivity contribution in [2.45, 2.75) is 23.5 Å². The number of anilines is 1. The van der Waals surface area contributed by atoms with E-state index in [4.69, 9.17) is 11.6 Å². The number of thioether (sulfide) groups is 1. The quantitative estimate of drug-likeness (QED) is 0.631. The number of hydrogen-bond donors (Lipinski definition) is 1. The fourth-order valence-electron chi connectivity index (χ4n) is 2.90. The zero-order valence-electron chi connectivity index (χ0n) is 15.0. The van der Waals surface area contributed by atoms with E-state index >= 15 is 0 Å². The topological polar surface area (TPSA) is 66.5 Å². The number of halogens is 2. The number of carbonyl (C=O) groups excluding carboxylic acids is 1. The standard InChI is InChI=1S/C19H20ClFN2O3S2/c20-17-3-1-4-18(21)16(17)13-27-12-10-22-28(25,26)15-8-6-14(7-9-15)23-11-2-5-19(23)24/h1,3-4,6-9,22H,2,5,10-13H2. The minimum absolute atomic E-state index is 0.0562. The highest BCUT2D eigenvalue weighted by Crippen LogP contribution is 2.24. The molecular weight excluding hydrogens is 423 g/mol. The van der Waals surface area contributed by atoms with Gasteiger partial charge >= 0.3 is 0 Å². The van der Waals surface area contributed by atoms with Gasteiger partial charge in [0.15, 0.2) is 0 Å². The summed E-state index contributed by atoms with van der Waals surface area (Å²) >= 11 is 7.37. The van der Waals surface area contributed by atoms with E-state index in [0.29, 0.717) is 40.7 Å². The Morgan fingerprint density at radius 2 is 1.93 bits per heavy atom. The van der Waals surface area contributed by atoms with Gasteiger partial charge in [-0.1, -0.05) is 17.7 Å². The summed E-state index contributed by atoms with van der Waals surface area (Å²) in [4.78, 5) is 13.6. The van der Waals surface area contributed by atoms with Crippen LogP contribution < -0.4 is 9.62 Å². The van der Waals surface area contributed by atoms with Crippen molar-refractivity contribution in [1.29, 1.82) is 0 Å². The first-order chi connectivity index (χ1) is 13.4. The predicted molar refractivity (Wildman–Crippen MR) is 111 cm³/mol. The lowest BCUT2D eigenvalue weighted by atomic mass is 10.2. The van der Waals surface area contributed by atoms with Gasteiger partial charge in [-0.3, -0.25) is 4.79 Å². The second-order valence-corrected chi connectivity index (χ2v) is 9.57. The zero-order valence-corrected chi connectivity index (χ0v) is 17.4. The van der Waals surface area contributed by atoms with E-state index < -0.39 is 10.0 Å². The zero-order chi connectivity index (χ0) is 20.1. The van der Waals surface area contributed by atoms with Gasteiger partial charge in [-0.25, -0.2) is 17.5 Å². The maximum atomic E-state index is 13.7. The van der Waals surface area contributed by atoms with Crippen molar-refractivity contribution in [2.75, 3.05) is 23.7 Å². The van der Waals surface area contributed by atoms with Gasteiger partial charge in [0.05, 0.1) is 4.90 Å². The summed E-state index contributed by atoms with van der Waals surface area (Å²) in [7, 11) is -3.64. The third-order valence-corrected chi connectivity index (χ3v) is 7.20. The molecule has 1 fully saturated rings. The molecule has 1 amide bonds. The highest BCUT2D eigenvalue weighted by molar-refractivity contribution is 7.98. The Kier molecular flexibility index (Phi) is 6.98. The van der Waals surface area contributed by atoms with Crippen molar-refractivity contribution in [3.05, 3.63) is 58.9 Å². The van der Waals surface area contributed by atoms with Crippen LogP contribution in [-0.2, 0) is 20.6 Å². The summed E-state index contributed by atoms with van der Waals surface area (Å²) in [5.74, 6) is 0.536. The lowest BCUT2D eigenvalue weighted by Gasteiger charge is -2.16. The number of nitrogens with one attached hydrogen (secondary N) is 1. The lowest BCUT2D eigenvalue weighted by Crippen LogP contribution is -2.26. The van der Waals surface area contributed by atoms with Crippen molar-refractivity contribution in [1.82, 2.24) is 4.72 Å². The Bertz CT molecular complexity index is 932. The number of nitrogens with zero attached hydrogens (tertiary/aromatic N) is 1. The number of rotatable bonds is 8. The molecule has 0 spiro atoms. The number of sulfonamides is 1. The lowest BCUT2D eigenvalue weighted by molar-refractivity contribution is -0.117. The Morgan fingerprint density at radius 1 is 1.18 bits per heavy atom. The summed E-state index contributed by atoms with van der Waals surface area (Å²) in [5, 5.41) is 0.365. The fourth-order valence-corrected chi connectivity index (χ4v) is 5.26. The van der Waals surface area contributed by atoms with E-state index in [1.807, 2.05) is 0 Å². The molecule has 5 nitrogen and oxygen atoms in total. The maximum Gasteiger partial charge on any atom is 0.240 e. The number of benzene rings is 2. The van der Waals surface area contributed by atoms with Gasteiger partial charge in [0.1, 0.15) is 5.82 Å². The first-order valence-corrected chi connectivity index (χ1v) is 11.8. The predicted octanol–water partition coefficient (Wildman–Crippen LogP) is 3.82. The highest BCUT2D eigenvalue weighted by atomic mass is 35.5. The maximum absolute atomic E-state index is 13.7. The summed E-state index contributed by atoms with van der Waals surface area (Å²) in [6.45, 7) is 0.873. The fraction of sp³-hybridized carbons (Fsp3) is 0.316. The molecule has 1 saturated heterocycles. The molecule has 0 aromatic heterocycles. The molecule has 3 rings (SSSR count). The number of amides is 1. The average molecular weight is 443 g/mol. The first kappa shape index (κ1) is 21.1. The summed E-state index contributed by atoms with van der Waals surface area (Å²) in [6, 6.07) is 10.8. The Labute approximate surface area is 173 Å². The Hall–Kier alpha value is -1.61. The first-order valence-electron chi connectivity index (χ1n) is 8.79. The minimum Gasteiger partial charge on any atom is -0.312 e. The van der Waals surface area contributed by atoms with Crippen LogP contribution in [0.15, 0.2) is 47.4 Å². The molecule has 0 unspecified atom stereocenters. The molecule has 0 atom stereocenters. The molecule has 0 aliphatic carbocycles. The van der Waals surface area contributed by atoms with Crippen LogP contribution in [0.5, 0.6) is 0 Å². The Balaban J connectivity index is 1.50. The summed E-state index contributed by atoms with van der Waals surface area (Å²) in [5.41, 5.74) is 1.13. The molecule has 1 heterocycles. The van der Waals surface area contributed by atoms with Gasteiger partial charge in [0.25, 0.3) is 0 Å². The molecule has 0 saturated carbocycles. The number of carbonyl (C=O) groups is 1. The highest BCUT2D eigenvalue weighted by Gasteiger charge is 2.22. The summed E-state index contributed by atoms with van der Waals surface area (Å²) < 4.78 is 41.0. The van der Waals surface area contributed by atoms with E-state index in [0.717, 1.165) is 6.42 Å². The molecule has 1 aliphatic heterocycles. The molecule has 1 N–H and O–H groups in total. The average Bonchev–Trinajstić information content (AvgIpc) is 3.09. The van der Waals surface area contributed by atoms with E-state index in [-0.39, 0.29) is 23.2 Å². The molecule has 0 bridgehead atoms. The largest absolute Gasteiger partial charge is 0.312 e. The molecular formula is C19H20ClFN2O3S2. The van der Waals surface area contributed by atoms with Gasteiger partial charge in [0.2, 0.25) is 15.9 Å². The minimum atomic E-state index is -3.64. The second-order valence-electron chi connectivity index (χ2n) is 6.29. The molecule has 2 aromatic carbocycles. The van der Waals surface area contributed by atoms with E-state index in [1.54, 1.807) is 29.2 Å². The molecule has 28 heavy (non-hydrogen) atoms. The van der Waals surface area contributed by atoms with Gasteiger partial charge in [-0.2, -0.15) is 11.8 Å². The van der Waals surface area contributed by atoms with Gasteiger partial charge in [-0.05, 0) is 42.8 Å². The molecule has 150 valence electrons. The SMILES string of the molecule is O=C1CCCN1c1ccc(S(=O)(=O)NCCSCc2c(F)cccc2Cl)cc1. The summed E-state index contributed by atoms with van der Waals surface area (Å²) in [6.07, 6.45) is 1.34. The molecule has 9 heteroatoms. The van der Waals surface area contributed by atoms with Crippen LogP contribution in [0.3, 0.4) is 0 Å². The van der Waals surface area contributed by atoms with Gasteiger partial charge in [0, 0.05) is 47.3 Å². The van der Waals surface area contributed by atoms with Crippen molar-refractivity contribution < 1.29 is 17.6 Å². The van der Waals surface area contributed by atoms with Crippen LogP contribution in [0.2, 0.25) is 5.02 Å². The van der Waals surface area contributed by atoms with Crippen LogP contribution in [0.4, 0.5) is 10.1 Å². The van der Waals surface area contributed by atoms with Gasteiger partial charge < -0.3 is 4.90 Å². The van der Waals surface area contributed by atoms with Crippen LogP contribution in [-0.4, -0.2) is 33.2 Å². The van der Waals surface area contributed by atoms with Crippen LogP contribution in [0.25, 0.3) is 0 Å².